The first kappa shape index (κ1) is 9.89. The molecule has 2 aromatic rings. The zero-order valence-corrected chi connectivity index (χ0v) is 9.91. The molecule has 0 bridgehead atoms. The Morgan fingerprint density at radius 2 is 1.89 bits per heavy atom. The molecule has 2 heteroatoms. The third-order valence-corrected chi connectivity index (χ3v) is 4.06. The second kappa shape index (κ2) is 3.45. The maximum absolute atomic E-state index is 11.4. The molecule has 2 aliphatic heterocycles. The number of carbonyl (C=O) groups is 1. The van der Waals surface area contributed by atoms with Gasteiger partial charge in [0.15, 0.2) is 0 Å². The van der Waals surface area contributed by atoms with E-state index in [-0.39, 0.29) is 5.91 Å². The van der Waals surface area contributed by atoms with Crippen LogP contribution in [0, 0.1) is 0 Å². The minimum Gasteiger partial charge on any atom is -0.315 e. The van der Waals surface area contributed by atoms with Gasteiger partial charge in [-0.2, -0.15) is 0 Å². The Bertz CT molecular complexity index is 674. The molecule has 2 nitrogen and oxygen atoms in total. The number of β-lactam (4-membered cyclic amide) rings is 1. The van der Waals surface area contributed by atoms with Crippen LogP contribution in [0.25, 0.3) is 10.8 Å². The zero-order valence-electron chi connectivity index (χ0n) is 9.91. The third-order valence-electron chi connectivity index (χ3n) is 4.06. The van der Waals surface area contributed by atoms with Gasteiger partial charge in [-0.25, -0.2) is 0 Å². The van der Waals surface area contributed by atoms with Crippen LogP contribution in [0.1, 0.15) is 17.9 Å². The predicted octanol–water partition coefficient (Wildman–Crippen LogP) is 3.05. The van der Waals surface area contributed by atoms with Crippen molar-refractivity contribution in [2.75, 3.05) is 0 Å². The Hall–Kier alpha value is -2.09. The van der Waals surface area contributed by atoms with Gasteiger partial charge < -0.3 is 4.90 Å². The maximum Gasteiger partial charge on any atom is 0.228 e. The highest BCUT2D eigenvalue weighted by Crippen LogP contribution is 2.39. The molecular weight excluding hydrogens is 222 g/mol. The zero-order chi connectivity index (χ0) is 12.1. The molecule has 2 aliphatic rings. The minimum absolute atomic E-state index is 0.250. The molecule has 2 heterocycles. The van der Waals surface area contributed by atoms with Gasteiger partial charge >= 0.3 is 0 Å². The molecule has 0 N–H and O–H groups in total. The SMILES string of the molecule is O=C1C[C@H]2C(c3ccc4ccccc4c3)C=CN12. The average molecular weight is 235 g/mol. The van der Waals surface area contributed by atoms with E-state index in [0.29, 0.717) is 18.4 Å². The molecule has 0 radical (unpaired) electrons. The number of carbonyl (C=O) groups excluding carboxylic acids is 1. The Kier molecular flexibility index (Phi) is 1.90. The number of fused-ring (bicyclic) bond motifs is 2. The van der Waals surface area contributed by atoms with Gasteiger partial charge in [0.2, 0.25) is 5.91 Å². The monoisotopic (exact) mass is 235 g/mol. The van der Waals surface area contributed by atoms with Gasteiger partial charge in [-0.3, -0.25) is 4.79 Å². The van der Waals surface area contributed by atoms with Crippen molar-refractivity contribution in [3.8, 4) is 0 Å². The largest absolute Gasteiger partial charge is 0.315 e. The van der Waals surface area contributed by atoms with Crippen LogP contribution in [0.3, 0.4) is 0 Å². The Balaban J connectivity index is 1.75. The molecule has 4 rings (SSSR count). The molecule has 0 aliphatic carbocycles. The summed E-state index contributed by atoms with van der Waals surface area (Å²) < 4.78 is 0. The van der Waals surface area contributed by atoms with Crippen molar-refractivity contribution in [3.05, 3.63) is 60.3 Å². The molecule has 1 fully saturated rings. The number of nitrogens with zero attached hydrogens (tertiary/aromatic N) is 1. The lowest BCUT2D eigenvalue weighted by Crippen LogP contribution is -2.48. The average Bonchev–Trinajstić information content (AvgIpc) is 2.75. The first-order valence-electron chi connectivity index (χ1n) is 6.31. The highest BCUT2D eigenvalue weighted by Gasteiger charge is 2.43. The van der Waals surface area contributed by atoms with E-state index in [9.17, 15) is 4.79 Å². The summed E-state index contributed by atoms with van der Waals surface area (Å²) in [6.45, 7) is 0. The fraction of sp³-hybridized carbons (Fsp3) is 0.188. The lowest BCUT2D eigenvalue weighted by atomic mass is 9.86. The molecule has 0 saturated carbocycles. The summed E-state index contributed by atoms with van der Waals surface area (Å²) in [4.78, 5) is 13.2. The van der Waals surface area contributed by atoms with Crippen LogP contribution in [0.4, 0.5) is 0 Å². The number of rotatable bonds is 1. The Morgan fingerprint density at radius 3 is 2.67 bits per heavy atom. The summed E-state index contributed by atoms with van der Waals surface area (Å²) in [6.07, 6.45) is 4.78. The first-order chi connectivity index (χ1) is 8.83. The normalized spacial score (nSPS) is 25.3. The van der Waals surface area contributed by atoms with Crippen molar-refractivity contribution in [2.45, 2.75) is 18.4 Å². The lowest BCUT2D eigenvalue weighted by Gasteiger charge is -2.37. The van der Waals surface area contributed by atoms with Gasteiger partial charge in [0, 0.05) is 18.5 Å². The molecule has 2 atom stereocenters. The van der Waals surface area contributed by atoms with Crippen molar-refractivity contribution in [2.24, 2.45) is 0 Å². The molecule has 0 aromatic heterocycles. The van der Waals surface area contributed by atoms with Crippen molar-refractivity contribution in [1.82, 2.24) is 4.90 Å². The molecule has 88 valence electrons. The number of benzene rings is 2. The van der Waals surface area contributed by atoms with E-state index in [0.717, 1.165) is 0 Å². The fourth-order valence-corrected chi connectivity index (χ4v) is 3.01. The van der Waals surface area contributed by atoms with Crippen molar-refractivity contribution in [3.63, 3.8) is 0 Å². The van der Waals surface area contributed by atoms with E-state index < -0.39 is 0 Å². The minimum atomic E-state index is 0.250. The van der Waals surface area contributed by atoms with Crippen LogP contribution in [0.2, 0.25) is 0 Å². The highest BCUT2D eigenvalue weighted by atomic mass is 16.2. The Labute approximate surface area is 106 Å². The van der Waals surface area contributed by atoms with E-state index in [1.54, 1.807) is 0 Å². The van der Waals surface area contributed by atoms with E-state index in [4.69, 9.17) is 0 Å². The quantitative estimate of drug-likeness (QED) is 0.696. The summed E-state index contributed by atoms with van der Waals surface area (Å²) in [5.41, 5.74) is 1.31. The molecule has 1 amide bonds. The van der Waals surface area contributed by atoms with Crippen molar-refractivity contribution >= 4 is 16.7 Å². The predicted molar refractivity (Wildman–Crippen MR) is 71.1 cm³/mol. The molecule has 2 aromatic carbocycles. The van der Waals surface area contributed by atoms with Crippen LogP contribution in [0.15, 0.2) is 54.7 Å². The molecular formula is C16H13NO. The van der Waals surface area contributed by atoms with Crippen LogP contribution in [0.5, 0.6) is 0 Å². The molecule has 18 heavy (non-hydrogen) atoms. The summed E-state index contributed by atoms with van der Waals surface area (Å²) >= 11 is 0. The topological polar surface area (TPSA) is 20.3 Å². The van der Waals surface area contributed by atoms with E-state index in [1.807, 2.05) is 11.1 Å². The number of hydrogen-bond donors (Lipinski definition) is 0. The lowest BCUT2D eigenvalue weighted by molar-refractivity contribution is -0.140. The smallest absolute Gasteiger partial charge is 0.228 e. The second-order valence-corrected chi connectivity index (χ2v) is 5.05. The highest BCUT2D eigenvalue weighted by molar-refractivity contribution is 5.86. The fourth-order valence-electron chi connectivity index (χ4n) is 3.01. The summed E-state index contributed by atoms with van der Waals surface area (Å²) in [5.74, 6) is 0.617. The van der Waals surface area contributed by atoms with Gasteiger partial charge in [0.1, 0.15) is 0 Å². The van der Waals surface area contributed by atoms with Gasteiger partial charge in [-0.15, -0.1) is 0 Å². The Morgan fingerprint density at radius 1 is 1.06 bits per heavy atom. The van der Waals surface area contributed by atoms with Crippen LogP contribution < -0.4 is 0 Å². The second-order valence-electron chi connectivity index (χ2n) is 5.05. The summed E-state index contributed by atoms with van der Waals surface area (Å²) in [5, 5.41) is 2.54. The molecule has 1 saturated heterocycles. The van der Waals surface area contributed by atoms with Crippen LogP contribution in [-0.2, 0) is 4.79 Å². The van der Waals surface area contributed by atoms with Gasteiger partial charge in [0.25, 0.3) is 0 Å². The van der Waals surface area contributed by atoms with Crippen LogP contribution >= 0.6 is 0 Å². The molecule has 1 unspecified atom stereocenters. The van der Waals surface area contributed by atoms with Crippen LogP contribution in [-0.4, -0.2) is 16.8 Å². The standard InChI is InChI=1S/C16H13NO/c18-16-10-15-14(7-8-17(15)16)13-6-5-11-3-1-2-4-12(11)9-13/h1-9,14-15H,10H2/t14?,15-/m0/s1. The van der Waals surface area contributed by atoms with E-state index in [2.05, 4.69) is 48.5 Å². The maximum atomic E-state index is 11.4. The third kappa shape index (κ3) is 1.26. The summed E-state index contributed by atoms with van der Waals surface area (Å²) in [6, 6.07) is 15.4. The van der Waals surface area contributed by atoms with Crippen molar-refractivity contribution in [1.29, 1.82) is 0 Å². The van der Waals surface area contributed by atoms with Gasteiger partial charge in [-0.1, -0.05) is 48.5 Å². The van der Waals surface area contributed by atoms with Gasteiger partial charge in [-0.05, 0) is 16.3 Å². The van der Waals surface area contributed by atoms with Gasteiger partial charge in [0.05, 0.1) is 6.04 Å². The van der Waals surface area contributed by atoms with E-state index in [1.165, 1.54) is 16.3 Å². The molecule has 0 spiro atoms. The first-order valence-corrected chi connectivity index (χ1v) is 6.31. The number of hydrogen-bond acceptors (Lipinski definition) is 1. The van der Waals surface area contributed by atoms with E-state index >= 15 is 0 Å². The summed E-state index contributed by atoms with van der Waals surface area (Å²) in [7, 11) is 0. The van der Waals surface area contributed by atoms with Crippen molar-refractivity contribution < 1.29 is 4.79 Å². The number of amides is 1.